The van der Waals surface area contributed by atoms with Gasteiger partial charge in [-0.05, 0) is 48.6 Å². The number of anilines is 1. The molecular weight excluding hydrogens is 522 g/mol. The number of carbonyl (C=O) groups is 3. The molecule has 1 spiro atoms. The van der Waals surface area contributed by atoms with Crippen LogP contribution < -0.4 is 20.1 Å². The molecule has 41 heavy (non-hydrogen) atoms. The van der Waals surface area contributed by atoms with Crippen molar-refractivity contribution in [3.8, 4) is 11.5 Å². The van der Waals surface area contributed by atoms with Crippen molar-refractivity contribution in [1.82, 2.24) is 10.2 Å². The Balaban J connectivity index is 1.32. The van der Waals surface area contributed by atoms with Gasteiger partial charge in [0.15, 0.2) is 0 Å². The molecule has 3 heterocycles. The highest BCUT2D eigenvalue weighted by Crippen LogP contribution is 2.55. The zero-order chi connectivity index (χ0) is 28.7. The van der Waals surface area contributed by atoms with E-state index in [9.17, 15) is 14.4 Å². The van der Waals surface area contributed by atoms with Crippen LogP contribution in [0, 0.1) is 17.8 Å². The van der Waals surface area contributed by atoms with Crippen LogP contribution >= 0.6 is 0 Å². The summed E-state index contributed by atoms with van der Waals surface area (Å²) in [6.07, 6.45) is 7.27. The summed E-state index contributed by atoms with van der Waals surface area (Å²) in [5.41, 5.74) is 0.207. The predicted molar refractivity (Wildman–Crippen MR) is 152 cm³/mol. The third-order valence-electron chi connectivity index (χ3n) is 9.21. The maximum Gasteiger partial charge on any atom is 0.246 e. The second kappa shape index (κ2) is 10.9. The molecule has 0 radical (unpaired) electrons. The second-order valence-corrected chi connectivity index (χ2v) is 11.6. The Morgan fingerprint density at radius 3 is 2.51 bits per heavy atom. The molecule has 2 bridgehead atoms. The smallest absolute Gasteiger partial charge is 0.246 e. The molecule has 1 saturated carbocycles. The van der Waals surface area contributed by atoms with Crippen molar-refractivity contribution in [2.45, 2.75) is 62.9 Å². The van der Waals surface area contributed by atoms with E-state index in [4.69, 9.17) is 14.2 Å². The molecule has 5 unspecified atom stereocenters. The molecule has 1 aliphatic carbocycles. The summed E-state index contributed by atoms with van der Waals surface area (Å²) in [5, 5.41) is 6.22. The highest BCUT2D eigenvalue weighted by Gasteiger charge is 2.72. The summed E-state index contributed by atoms with van der Waals surface area (Å²) < 4.78 is 17.1. The van der Waals surface area contributed by atoms with Crippen molar-refractivity contribution in [2.75, 3.05) is 19.5 Å². The van der Waals surface area contributed by atoms with E-state index in [0.29, 0.717) is 23.1 Å². The first-order valence-corrected chi connectivity index (χ1v) is 14.4. The number of hydrogen-bond donors (Lipinski definition) is 2. The van der Waals surface area contributed by atoms with E-state index in [0.717, 1.165) is 31.2 Å². The summed E-state index contributed by atoms with van der Waals surface area (Å²) in [6.45, 7) is 2.38. The number of carbonyl (C=O) groups excluding carboxylic acids is 3. The number of fused-ring (bicyclic) bond motifs is 1. The lowest BCUT2D eigenvalue weighted by Crippen LogP contribution is -2.57. The molecule has 2 saturated heterocycles. The number of nitrogens with one attached hydrogen (secondary N) is 2. The minimum Gasteiger partial charge on any atom is -0.497 e. The number of ether oxygens (including phenoxy) is 3. The Hall–Kier alpha value is -3.85. The fourth-order valence-electron chi connectivity index (χ4n) is 7.08. The fourth-order valence-corrected chi connectivity index (χ4v) is 7.08. The normalized spacial score (nSPS) is 31.6. The van der Waals surface area contributed by atoms with Gasteiger partial charge in [0.05, 0.1) is 32.2 Å². The second-order valence-electron chi connectivity index (χ2n) is 11.6. The summed E-state index contributed by atoms with van der Waals surface area (Å²) in [6, 6.07) is 13.7. The standard InChI is InChI=1S/C32H37N3O6/c1-19-7-4-5-10-24(19)34-30(37)28-32-16-15-25(41-32)26(29(36)33-21-8-6-9-23(17-21)40-3)27(32)31(38)35(28)18-20-11-13-22(39-2)14-12-20/h6,8-9,11-17,19,24-28H,4-5,7,10,18H2,1-3H3,(H,33,36)(H,34,37)/t19?,24?,25-,26?,27-,28?,32?/m1/s1. The minimum atomic E-state index is -1.22. The van der Waals surface area contributed by atoms with Gasteiger partial charge in [0, 0.05) is 24.3 Å². The summed E-state index contributed by atoms with van der Waals surface area (Å²) in [7, 11) is 3.16. The molecule has 9 nitrogen and oxygen atoms in total. The number of likely N-dealkylation sites (tertiary alicyclic amines) is 1. The average Bonchev–Trinajstić information content (AvgIpc) is 3.62. The first-order chi connectivity index (χ1) is 19.8. The van der Waals surface area contributed by atoms with Gasteiger partial charge in [0.25, 0.3) is 0 Å². The monoisotopic (exact) mass is 559 g/mol. The van der Waals surface area contributed by atoms with Gasteiger partial charge < -0.3 is 29.7 Å². The van der Waals surface area contributed by atoms with Gasteiger partial charge in [-0.1, -0.05) is 50.1 Å². The van der Waals surface area contributed by atoms with Gasteiger partial charge in [-0.15, -0.1) is 0 Å². The molecule has 4 aliphatic rings. The topological polar surface area (TPSA) is 106 Å². The van der Waals surface area contributed by atoms with Crippen LogP contribution in [-0.2, 0) is 25.7 Å². The first kappa shape index (κ1) is 27.3. The molecule has 216 valence electrons. The number of nitrogens with zero attached hydrogens (tertiary/aromatic N) is 1. The van der Waals surface area contributed by atoms with E-state index in [-0.39, 0.29) is 30.3 Å². The van der Waals surface area contributed by atoms with E-state index >= 15 is 0 Å². The molecule has 2 aromatic carbocycles. The fraction of sp³-hybridized carbons (Fsp3) is 0.469. The molecule has 2 aromatic rings. The van der Waals surface area contributed by atoms with Gasteiger partial charge in [0.2, 0.25) is 17.7 Å². The van der Waals surface area contributed by atoms with Gasteiger partial charge in [0.1, 0.15) is 23.1 Å². The lowest BCUT2D eigenvalue weighted by Gasteiger charge is -2.36. The van der Waals surface area contributed by atoms with E-state index in [2.05, 4.69) is 17.6 Å². The van der Waals surface area contributed by atoms with Crippen LogP contribution in [0.2, 0.25) is 0 Å². The van der Waals surface area contributed by atoms with E-state index in [1.807, 2.05) is 36.4 Å². The maximum absolute atomic E-state index is 14.2. The highest BCUT2D eigenvalue weighted by atomic mass is 16.5. The first-order valence-electron chi connectivity index (χ1n) is 14.4. The molecule has 2 N–H and O–H groups in total. The van der Waals surface area contributed by atoms with E-state index in [1.165, 1.54) is 0 Å². The quantitative estimate of drug-likeness (QED) is 0.478. The summed E-state index contributed by atoms with van der Waals surface area (Å²) in [4.78, 5) is 43.7. The van der Waals surface area contributed by atoms with Crippen LogP contribution in [0.25, 0.3) is 0 Å². The van der Waals surface area contributed by atoms with Gasteiger partial charge in [-0.25, -0.2) is 0 Å². The zero-order valence-corrected chi connectivity index (χ0v) is 23.7. The van der Waals surface area contributed by atoms with Crippen LogP contribution in [0.15, 0.2) is 60.7 Å². The van der Waals surface area contributed by atoms with Crippen LogP contribution in [0.1, 0.15) is 38.2 Å². The summed E-state index contributed by atoms with van der Waals surface area (Å²) >= 11 is 0. The lowest BCUT2D eigenvalue weighted by molar-refractivity contribution is -0.142. The summed E-state index contributed by atoms with van der Waals surface area (Å²) in [5.74, 6) is -0.728. The Kier molecular flexibility index (Phi) is 7.23. The van der Waals surface area contributed by atoms with Crippen molar-refractivity contribution in [3.63, 3.8) is 0 Å². The van der Waals surface area contributed by atoms with Crippen molar-refractivity contribution in [2.24, 2.45) is 17.8 Å². The Bertz CT molecular complexity index is 1360. The number of amides is 3. The van der Waals surface area contributed by atoms with Gasteiger partial charge in [-0.2, -0.15) is 0 Å². The van der Waals surface area contributed by atoms with Crippen molar-refractivity contribution >= 4 is 23.4 Å². The van der Waals surface area contributed by atoms with Crippen LogP contribution in [-0.4, -0.2) is 60.6 Å². The molecular formula is C32H37N3O6. The van der Waals surface area contributed by atoms with Crippen LogP contribution in [0.3, 0.4) is 0 Å². The Morgan fingerprint density at radius 1 is 1.02 bits per heavy atom. The number of benzene rings is 2. The zero-order valence-electron chi connectivity index (χ0n) is 23.7. The largest absolute Gasteiger partial charge is 0.497 e. The maximum atomic E-state index is 14.2. The van der Waals surface area contributed by atoms with Crippen LogP contribution in [0.5, 0.6) is 11.5 Å². The molecule has 3 amide bonds. The molecule has 6 rings (SSSR count). The molecule has 7 atom stereocenters. The lowest BCUT2D eigenvalue weighted by atomic mass is 9.74. The number of methoxy groups -OCH3 is 2. The predicted octanol–water partition coefficient (Wildman–Crippen LogP) is 3.69. The van der Waals surface area contributed by atoms with Crippen molar-refractivity contribution < 1.29 is 28.6 Å². The SMILES string of the molecule is COc1ccc(CN2C(=O)[C@H]3C(C(=O)Nc4cccc(OC)c4)[C@H]4C=CC3(O4)C2C(=O)NC2CCCCC2C)cc1. The van der Waals surface area contributed by atoms with Gasteiger partial charge in [-0.3, -0.25) is 14.4 Å². The van der Waals surface area contributed by atoms with Gasteiger partial charge >= 0.3 is 0 Å². The van der Waals surface area contributed by atoms with Crippen molar-refractivity contribution in [1.29, 1.82) is 0 Å². The third kappa shape index (κ3) is 4.76. The number of hydrogen-bond acceptors (Lipinski definition) is 6. The number of rotatable bonds is 8. The molecule has 3 aliphatic heterocycles. The molecule has 3 fully saturated rings. The average molecular weight is 560 g/mol. The van der Waals surface area contributed by atoms with Crippen LogP contribution in [0.4, 0.5) is 5.69 Å². The molecule has 9 heteroatoms. The minimum absolute atomic E-state index is 0.0411. The Morgan fingerprint density at radius 2 is 1.78 bits per heavy atom. The molecule has 0 aromatic heterocycles. The Labute approximate surface area is 240 Å². The van der Waals surface area contributed by atoms with Crippen molar-refractivity contribution in [3.05, 3.63) is 66.2 Å². The van der Waals surface area contributed by atoms with E-state index < -0.39 is 29.6 Å². The third-order valence-corrected chi connectivity index (χ3v) is 9.21. The highest BCUT2D eigenvalue weighted by molar-refractivity contribution is 6.02. The van der Waals surface area contributed by atoms with E-state index in [1.54, 1.807) is 43.4 Å².